The van der Waals surface area contributed by atoms with E-state index in [1.165, 1.54) is 0 Å². The smallest absolute Gasteiger partial charge is 0.233 e. The number of amides is 1. The van der Waals surface area contributed by atoms with Gasteiger partial charge in [0, 0.05) is 4.88 Å². The first kappa shape index (κ1) is 13.5. The molecule has 0 spiro atoms. The normalized spacial score (nSPS) is 28.2. The molecule has 0 saturated heterocycles. The third-order valence-corrected chi connectivity index (χ3v) is 5.06. The molecule has 3 N–H and O–H groups in total. The molecule has 98 valence electrons. The number of nitrogens with two attached hydrogens (primary N) is 1. The Labute approximate surface area is 117 Å². The lowest BCUT2D eigenvalue weighted by Crippen LogP contribution is -2.56. The third-order valence-electron chi connectivity index (χ3n) is 3.62. The highest BCUT2D eigenvalue weighted by atomic mass is 32.1. The molecule has 5 heteroatoms. The van der Waals surface area contributed by atoms with E-state index in [1.807, 2.05) is 24.4 Å². The Balaban J connectivity index is 2.05. The molecule has 0 radical (unpaired) electrons. The summed E-state index contributed by atoms with van der Waals surface area (Å²) >= 11 is 6.72. The summed E-state index contributed by atoms with van der Waals surface area (Å²) in [4.78, 5) is 13.8. The van der Waals surface area contributed by atoms with Gasteiger partial charge in [-0.3, -0.25) is 4.79 Å². The Hall–Kier alpha value is -0.940. The Morgan fingerprint density at radius 2 is 2.33 bits per heavy atom. The van der Waals surface area contributed by atoms with Gasteiger partial charge in [-0.1, -0.05) is 25.2 Å². The van der Waals surface area contributed by atoms with Crippen LogP contribution in [0.15, 0.2) is 17.5 Å². The van der Waals surface area contributed by atoms with Crippen LogP contribution in [-0.4, -0.2) is 10.9 Å². The minimum atomic E-state index is -0.611. The summed E-state index contributed by atoms with van der Waals surface area (Å²) in [6.45, 7) is 4.10. The number of hydrogen-bond acceptors (Lipinski definition) is 3. The molecule has 1 unspecified atom stereocenters. The molecule has 1 aromatic rings. The summed E-state index contributed by atoms with van der Waals surface area (Å²) in [6, 6.07) is 4.02. The van der Waals surface area contributed by atoms with E-state index < -0.39 is 5.41 Å². The van der Waals surface area contributed by atoms with E-state index in [4.69, 9.17) is 18.0 Å². The topological polar surface area (TPSA) is 55.1 Å². The van der Waals surface area contributed by atoms with Crippen molar-refractivity contribution in [2.75, 3.05) is 0 Å². The van der Waals surface area contributed by atoms with Crippen molar-refractivity contribution in [2.24, 2.45) is 17.1 Å². The van der Waals surface area contributed by atoms with Crippen LogP contribution in [0.1, 0.15) is 37.6 Å². The largest absolute Gasteiger partial charge is 0.392 e. The predicted octanol–water partition coefficient (Wildman–Crippen LogP) is 2.63. The molecule has 0 aromatic carbocycles. The second-order valence-corrected chi connectivity index (χ2v) is 6.59. The van der Waals surface area contributed by atoms with Crippen LogP contribution in [0.5, 0.6) is 0 Å². The van der Waals surface area contributed by atoms with E-state index in [9.17, 15) is 4.79 Å². The molecule has 3 nitrogen and oxygen atoms in total. The molecule has 1 saturated carbocycles. The molecule has 1 aromatic heterocycles. The fourth-order valence-electron chi connectivity index (χ4n) is 2.57. The van der Waals surface area contributed by atoms with Gasteiger partial charge in [0.1, 0.15) is 0 Å². The molecule has 2 rings (SSSR count). The molecule has 1 atom stereocenters. The van der Waals surface area contributed by atoms with Crippen molar-refractivity contribution in [3.63, 3.8) is 0 Å². The number of carbonyl (C=O) groups excluding carboxylic acids is 1. The monoisotopic (exact) mass is 282 g/mol. The molecule has 1 aliphatic carbocycles. The second-order valence-electron chi connectivity index (χ2n) is 5.17. The van der Waals surface area contributed by atoms with Crippen molar-refractivity contribution in [1.82, 2.24) is 5.32 Å². The zero-order chi connectivity index (χ0) is 13.3. The van der Waals surface area contributed by atoms with Gasteiger partial charge >= 0.3 is 0 Å². The molecule has 1 heterocycles. The van der Waals surface area contributed by atoms with Crippen molar-refractivity contribution < 1.29 is 4.79 Å². The Morgan fingerprint density at radius 1 is 1.67 bits per heavy atom. The van der Waals surface area contributed by atoms with Crippen LogP contribution in [0.25, 0.3) is 0 Å². The first-order valence-corrected chi connectivity index (χ1v) is 7.39. The fraction of sp³-hybridized carbons (Fsp3) is 0.538. The summed E-state index contributed by atoms with van der Waals surface area (Å²) in [5.41, 5.74) is 5.15. The van der Waals surface area contributed by atoms with Crippen molar-refractivity contribution in [1.29, 1.82) is 0 Å². The highest BCUT2D eigenvalue weighted by molar-refractivity contribution is 7.80. The van der Waals surface area contributed by atoms with Gasteiger partial charge in [-0.2, -0.15) is 0 Å². The minimum absolute atomic E-state index is 0.0135. The number of thiocarbonyl (C=S) groups is 1. The van der Waals surface area contributed by atoms with Crippen LogP contribution in [0.4, 0.5) is 0 Å². The van der Waals surface area contributed by atoms with E-state index in [0.29, 0.717) is 10.9 Å². The van der Waals surface area contributed by atoms with Gasteiger partial charge in [-0.05, 0) is 37.1 Å². The number of thiophene rings is 1. The minimum Gasteiger partial charge on any atom is -0.392 e. The lowest BCUT2D eigenvalue weighted by Gasteiger charge is -2.44. The number of hydrogen-bond donors (Lipinski definition) is 2. The lowest BCUT2D eigenvalue weighted by molar-refractivity contribution is -0.133. The van der Waals surface area contributed by atoms with E-state index in [-0.39, 0.29) is 11.9 Å². The Morgan fingerprint density at radius 3 is 2.78 bits per heavy atom. The van der Waals surface area contributed by atoms with Gasteiger partial charge in [-0.25, -0.2) is 0 Å². The average molecular weight is 282 g/mol. The van der Waals surface area contributed by atoms with E-state index in [0.717, 1.165) is 17.7 Å². The number of carbonyl (C=O) groups is 1. The van der Waals surface area contributed by atoms with Crippen molar-refractivity contribution in [3.05, 3.63) is 22.4 Å². The van der Waals surface area contributed by atoms with Crippen LogP contribution < -0.4 is 11.1 Å². The van der Waals surface area contributed by atoms with Crippen LogP contribution in [0.3, 0.4) is 0 Å². The number of rotatable bonds is 4. The first-order chi connectivity index (χ1) is 8.45. The fourth-order valence-corrected chi connectivity index (χ4v) is 3.57. The van der Waals surface area contributed by atoms with Gasteiger partial charge in [0.15, 0.2) is 0 Å². The summed E-state index contributed by atoms with van der Waals surface area (Å²) in [6.07, 6.45) is 1.54. The second kappa shape index (κ2) is 4.97. The lowest BCUT2D eigenvalue weighted by atomic mass is 9.62. The summed E-state index contributed by atoms with van der Waals surface area (Å²) < 4.78 is 0. The quantitative estimate of drug-likeness (QED) is 0.835. The SMILES string of the molecule is CC1CC(C(=O)NC(C)c2cccs2)(C(N)=S)C1. The van der Waals surface area contributed by atoms with Crippen molar-refractivity contribution >= 4 is 34.5 Å². The van der Waals surface area contributed by atoms with E-state index in [1.54, 1.807) is 11.3 Å². The zero-order valence-corrected chi connectivity index (χ0v) is 12.2. The first-order valence-electron chi connectivity index (χ1n) is 6.10. The van der Waals surface area contributed by atoms with Gasteiger partial charge < -0.3 is 11.1 Å². The van der Waals surface area contributed by atoms with Crippen LogP contribution in [-0.2, 0) is 4.79 Å². The average Bonchev–Trinajstić information content (AvgIpc) is 2.76. The van der Waals surface area contributed by atoms with E-state index in [2.05, 4.69) is 12.2 Å². The van der Waals surface area contributed by atoms with Gasteiger partial charge in [-0.15, -0.1) is 11.3 Å². The molecular formula is C13H18N2OS2. The van der Waals surface area contributed by atoms with Gasteiger partial charge in [0.25, 0.3) is 0 Å². The predicted molar refractivity (Wildman–Crippen MR) is 78.5 cm³/mol. The molecule has 1 amide bonds. The Bertz CT molecular complexity index is 450. The maximum atomic E-state index is 12.4. The Kier molecular flexibility index (Phi) is 3.73. The zero-order valence-electron chi connectivity index (χ0n) is 10.6. The molecule has 0 aliphatic heterocycles. The number of nitrogens with one attached hydrogen (secondary N) is 1. The van der Waals surface area contributed by atoms with Gasteiger partial charge in [0.2, 0.25) is 5.91 Å². The highest BCUT2D eigenvalue weighted by Gasteiger charge is 2.51. The third kappa shape index (κ3) is 2.29. The molecule has 1 fully saturated rings. The molecule has 1 aliphatic rings. The molecule has 18 heavy (non-hydrogen) atoms. The van der Waals surface area contributed by atoms with Crippen LogP contribution in [0.2, 0.25) is 0 Å². The summed E-state index contributed by atoms with van der Waals surface area (Å²) in [5.74, 6) is 0.503. The maximum Gasteiger partial charge on any atom is 0.233 e. The molecular weight excluding hydrogens is 264 g/mol. The standard InChI is InChI=1S/C13H18N2OS2/c1-8-6-13(7-8,11(14)17)12(16)15-9(2)10-4-3-5-18-10/h3-5,8-9H,6-7H2,1-2H3,(H2,14,17)(H,15,16). The molecule has 0 bridgehead atoms. The van der Waals surface area contributed by atoms with E-state index >= 15 is 0 Å². The summed E-state index contributed by atoms with van der Waals surface area (Å²) in [7, 11) is 0. The van der Waals surface area contributed by atoms with Gasteiger partial charge in [0.05, 0.1) is 16.4 Å². The van der Waals surface area contributed by atoms with Crippen LogP contribution in [0, 0.1) is 11.3 Å². The van der Waals surface area contributed by atoms with Crippen LogP contribution >= 0.6 is 23.6 Å². The van der Waals surface area contributed by atoms with Crippen molar-refractivity contribution in [3.8, 4) is 0 Å². The highest BCUT2D eigenvalue weighted by Crippen LogP contribution is 2.46. The maximum absolute atomic E-state index is 12.4. The van der Waals surface area contributed by atoms with Crippen molar-refractivity contribution in [2.45, 2.75) is 32.7 Å². The summed E-state index contributed by atoms with van der Waals surface area (Å²) in [5, 5.41) is 5.04.